The maximum absolute atomic E-state index is 12.4. The second-order valence-electron chi connectivity index (χ2n) is 7.52. The van der Waals surface area contributed by atoms with Crippen LogP contribution in [0.1, 0.15) is 43.7 Å². The molecule has 0 aromatic heterocycles. The number of nitriles is 1. The molecule has 1 amide bonds. The molecule has 8 nitrogen and oxygen atoms in total. The van der Waals surface area contributed by atoms with Crippen LogP contribution in [0.3, 0.4) is 0 Å². The number of hydrogen-bond donors (Lipinski definition) is 1. The predicted octanol–water partition coefficient (Wildman–Crippen LogP) is 4.67. The summed E-state index contributed by atoms with van der Waals surface area (Å²) in [5.74, 6) is 0.213. The average molecular weight is 479 g/mol. The number of ether oxygens (including phenoxy) is 4. The van der Waals surface area contributed by atoms with Crippen molar-refractivity contribution in [1.82, 2.24) is 0 Å². The third kappa shape index (κ3) is 8.55. The summed E-state index contributed by atoms with van der Waals surface area (Å²) in [7, 11) is 2.98. The van der Waals surface area contributed by atoms with Crippen molar-refractivity contribution in [3.05, 3.63) is 59.2 Å². The standard InChI is InChI=1S/C27H30N2O6/c1-4-5-6-7-14-34-22-11-8-19(16-24(22)32-2)10-13-26(30)35-23-12-9-20(17-25(23)33-3)15-21(18-28)27(29)31/h8-13,15-17H,4-7,14H2,1-3H3,(H2,29,31)/b13-10+,21-15+. The Kier molecular flexibility index (Phi) is 10.9. The normalized spacial score (nSPS) is 11.1. The molecule has 35 heavy (non-hydrogen) atoms. The zero-order valence-corrected chi connectivity index (χ0v) is 20.2. The van der Waals surface area contributed by atoms with Crippen molar-refractivity contribution in [2.24, 2.45) is 5.73 Å². The van der Waals surface area contributed by atoms with Crippen molar-refractivity contribution in [3.63, 3.8) is 0 Å². The number of carbonyl (C=O) groups is 2. The minimum Gasteiger partial charge on any atom is -0.493 e. The Labute approximate surface area is 205 Å². The summed E-state index contributed by atoms with van der Waals surface area (Å²) in [6, 6.07) is 11.7. The quantitative estimate of drug-likeness (QED) is 0.146. The van der Waals surface area contributed by atoms with Crippen molar-refractivity contribution in [2.75, 3.05) is 20.8 Å². The molecule has 2 rings (SSSR count). The maximum atomic E-state index is 12.4. The molecule has 184 valence electrons. The Morgan fingerprint density at radius 1 is 0.943 bits per heavy atom. The Morgan fingerprint density at radius 2 is 1.60 bits per heavy atom. The minimum absolute atomic E-state index is 0.182. The van der Waals surface area contributed by atoms with E-state index in [0.717, 1.165) is 18.4 Å². The Balaban J connectivity index is 2.06. The van der Waals surface area contributed by atoms with Crippen LogP contribution in [0.4, 0.5) is 0 Å². The van der Waals surface area contributed by atoms with Crippen LogP contribution in [-0.4, -0.2) is 32.7 Å². The molecule has 0 radical (unpaired) electrons. The molecule has 8 heteroatoms. The molecule has 2 N–H and O–H groups in total. The van der Waals surface area contributed by atoms with Gasteiger partial charge >= 0.3 is 5.97 Å². The van der Waals surface area contributed by atoms with Crippen LogP contribution < -0.4 is 24.7 Å². The third-order valence-corrected chi connectivity index (χ3v) is 4.95. The molecule has 0 bridgehead atoms. The molecule has 0 saturated carbocycles. The molecule has 2 aromatic rings. The number of unbranched alkanes of at least 4 members (excludes halogenated alkanes) is 3. The van der Waals surface area contributed by atoms with Crippen LogP contribution >= 0.6 is 0 Å². The highest BCUT2D eigenvalue weighted by Crippen LogP contribution is 2.30. The lowest BCUT2D eigenvalue weighted by molar-refractivity contribution is -0.129. The van der Waals surface area contributed by atoms with Crippen LogP contribution in [0, 0.1) is 11.3 Å². The number of hydrogen-bond acceptors (Lipinski definition) is 7. The van der Waals surface area contributed by atoms with Gasteiger partial charge in [0, 0.05) is 6.08 Å². The molecule has 0 aliphatic carbocycles. The van der Waals surface area contributed by atoms with E-state index in [1.807, 2.05) is 6.07 Å². The van der Waals surface area contributed by atoms with E-state index in [4.69, 9.17) is 29.9 Å². The highest BCUT2D eigenvalue weighted by atomic mass is 16.6. The van der Waals surface area contributed by atoms with Crippen LogP contribution in [0.2, 0.25) is 0 Å². The molecule has 2 aromatic carbocycles. The number of nitrogens with zero attached hydrogens (tertiary/aromatic N) is 1. The van der Waals surface area contributed by atoms with Crippen molar-refractivity contribution in [2.45, 2.75) is 32.6 Å². The number of rotatable bonds is 13. The van der Waals surface area contributed by atoms with E-state index in [2.05, 4.69) is 6.92 Å². The van der Waals surface area contributed by atoms with Crippen molar-refractivity contribution < 1.29 is 28.5 Å². The van der Waals surface area contributed by atoms with E-state index in [-0.39, 0.29) is 17.1 Å². The van der Waals surface area contributed by atoms with Crippen LogP contribution in [0.15, 0.2) is 48.0 Å². The first-order valence-corrected chi connectivity index (χ1v) is 11.2. The van der Waals surface area contributed by atoms with Gasteiger partial charge in [0.25, 0.3) is 5.91 Å². The lowest BCUT2D eigenvalue weighted by Gasteiger charge is -2.11. The first-order valence-electron chi connectivity index (χ1n) is 11.2. The summed E-state index contributed by atoms with van der Waals surface area (Å²) in [6.45, 7) is 2.78. The molecular weight excluding hydrogens is 448 g/mol. The van der Waals surface area contributed by atoms with E-state index >= 15 is 0 Å². The van der Waals surface area contributed by atoms with Crippen LogP contribution in [-0.2, 0) is 9.59 Å². The van der Waals surface area contributed by atoms with E-state index in [1.54, 1.807) is 37.5 Å². The summed E-state index contributed by atoms with van der Waals surface area (Å²) in [5.41, 5.74) is 6.18. The van der Waals surface area contributed by atoms with Gasteiger partial charge in [0.2, 0.25) is 0 Å². The van der Waals surface area contributed by atoms with E-state index in [9.17, 15) is 9.59 Å². The fourth-order valence-corrected chi connectivity index (χ4v) is 3.11. The minimum atomic E-state index is -0.838. The largest absolute Gasteiger partial charge is 0.493 e. The molecule has 0 aliphatic heterocycles. The number of carbonyl (C=O) groups excluding carboxylic acids is 2. The van der Waals surface area contributed by atoms with Gasteiger partial charge in [-0.05, 0) is 54.0 Å². The van der Waals surface area contributed by atoms with Gasteiger partial charge in [-0.2, -0.15) is 5.26 Å². The zero-order valence-electron chi connectivity index (χ0n) is 20.2. The molecule has 0 spiro atoms. The van der Waals surface area contributed by atoms with Crippen molar-refractivity contribution >= 4 is 24.0 Å². The molecular formula is C27H30N2O6. The van der Waals surface area contributed by atoms with Gasteiger partial charge in [-0.25, -0.2) is 4.79 Å². The number of esters is 1. The Hall–Kier alpha value is -4.25. The fraction of sp³-hybridized carbons (Fsp3) is 0.296. The predicted molar refractivity (Wildman–Crippen MR) is 133 cm³/mol. The fourth-order valence-electron chi connectivity index (χ4n) is 3.11. The first kappa shape index (κ1) is 27.0. The molecule has 0 heterocycles. The van der Waals surface area contributed by atoms with Gasteiger partial charge in [0.05, 0.1) is 20.8 Å². The molecule has 0 saturated heterocycles. The summed E-state index contributed by atoms with van der Waals surface area (Å²) >= 11 is 0. The number of methoxy groups -OCH3 is 2. The average Bonchev–Trinajstić information content (AvgIpc) is 2.86. The number of nitrogens with two attached hydrogens (primary N) is 1. The van der Waals surface area contributed by atoms with Crippen LogP contribution in [0.5, 0.6) is 23.0 Å². The van der Waals surface area contributed by atoms with Gasteiger partial charge in [0.15, 0.2) is 23.0 Å². The monoisotopic (exact) mass is 478 g/mol. The van der Waals surface area contributed by atoms with Gasteiger partial charge in [0.1, 0.15) is 11.6 Å². The molecule has 0 fully saturated rings. The summed E-state index contributed by atoms with van der Waals surface area (Å²) in [6.07, 6.45) is 8.67. The van der Waals surface area contributed by atoms with E-state index < -0.39 is 11.9 Å². The summed E-state index contributed by atoms with van der Waals surface area (Å²) in [5, 5.41) is 8.98. The van der Waals surface area contributed by atoms with E-state index in [0.29, 0.717) is 23.7 Å². The highest BCUT2D eigenvalue weighted by Gasteiger charge is 2.11. The lowest BCUT2D eigenvalue weighted by Crippen LogP contribution is -2.12. The van der Waals surface area contributed by atoms with Crippen LogP contribution in [0.25, 0.3) is 12.2 Å². The Morgan fingerprint density at radius 3 is 2.26 bits per heavy atom. The number of amides is 1. The first-order chi connectivity index (χ1) is 16.9. The Bertz CT molecular complexity index is 1130. The third-order valence-electron chi connectivity index (χ3n) is 4.95. The number of primary amides is 1. The number of benzene rings is 2. The van der Waals surface area contributed by atoms with Gasteiger partial charge in [-0.3, -0.25) is 4.79 Å². The zero-order chi connectivity index (χ0) is 25.6. The summed E-state index contributed by atoms with van der Waals surface area (Å²) in [4.78, 5) is 23.6. The van der Waals surface area contributed by atoms with Gasteiger partial charge in [-0.15, -0.1) is 0 Å². The molecule has 0 aliphatic rings. The second kappa shape index (κ2) is 14.1. The topological polar surface area (TPSA) is 121 Å². The van der Waals surface area contributed by atoms with Gasteiger partial charge in [-0.1, -0.05) is 38.3 Å². The van der Waals surface area contributed by atoms with Crippen molar-refractivity contribution in [3.8, 4) is 29.1 Å². The van der Waals surface area contributed by atoms with Crippen molar-refractivity contribution in [1.29, 1.82) is 5.26 Å². The lowest BCUT2D eigenvalue weighted by atomic mass is 10.1. The molecule has 0 atom stereocenters. The summed E-state index contributed by atoms with van der Waals surface area (Å²) < 4.78 is 21.9. The second-order valence-corrected chi connectivity index (χ2v) is 7.52. The van der Waals surface area contributed by atoms with E-state index in [1.165, 1.54) is 44.2 Å². The van der Waals surface area contributed by atoms with Gasteiger partial charge < -0.3 is 24.7 Å². The highest BCUT2D eigenvalue weighted by molar-refractivity contribution is 6.00. The maximum Gasteiger partial charge on any atom is 0.336 e. The smallest absolute Gasteiger partial charge is 0.336 e. The molecule has 0 unspecified atom stereocenters. The SMILES string of the molecule is CCCCCCOc1ccc(/C=C/C(=O)Oc2ccc(/C=C(\C#N)C(N)=O)cc2OC)cc1OC.